The second kappa shape index (κ2) is 5.65. The average Bonchev–Trinajstić information content (AvgIpc) is 2.39. The highest BCUT2D eigenvalue weighted by Gasteiger charge is 2.30. The van der Waals surface area contributed by atoms with Crippen molar-refractivity contribution >= 4 is 6.21 Å². The molecule has 98 valence electrons. The largest absolute Gasteiger partial charge is 0.417 e. The smallest absolute Gasteiger partial charge is 0.286 e. The Labute approximate surface area is 108 Å². The Bertz CT molecular complexity index is 545. The lowest BCUT2D eigenvalue weighted by atomic mass is 10.2. The number of hydrogen-bond acceptors (Lipinski definition) is 2. The molecule has 0 aliphatic rings. The van der Waals surface area contributed by atoms with Gasteiger partial charge in [0.05, 0.1) is 17.8 Å². The molecule has 1 aromatic heterocycles. The second-order valence-electron chi connectivity index (χ2n) is 3.92. The number of aliphatic imine (C=N–C) groups is 1. The van der Waals surface area contributed by atoms with E-state index >= 15 is 0 Å². The van der Waals surface area contributed by atoms with Crippen LogP contribution in [0.25, 0.3) is 0 Å². The van der Waals surface area contributed by atoms with Gasteiger partial charge in [-0.3, -0.25) is 9.98 Å². The minimum absolute atomic E-state index is 0.406. The van der Waals surface area contributed by atoms with Crippen LogP contribution in [-0.4, -0.2) is 11.2 Å². The number of rotatable bonds is 3. The minimum Gasteiger partial charge on any atom is -0.286 e. The van der Waals surface area contributed by atoms with Crippen LogP contribution in [0, 0.1) is 0 Å². The van der Waals surface area contributed by atoms with Gasteiger partial charge in [-0.25, -0.2) is 0 Å². The van der Waals surface area contributed by atoms with Crippen molar-refractivity contribution in [3.05, 3.63) is 65.5 Å². The lowest BCUT2D eigenvalue weighted by molar-refractivity contribution is -0.137. The van der Waals surface area contributed by atoms with Crippen molar-refractivity contribution in [2.24, 2.45) is 4.99 Å². The van der Waals surface area contributed by atoms with Crippen molar-refractivity contribution in [1.29, 1.82) is 0 Å². The first-order valence-electron chi connectivity index (χ1n) is 5.63. The van der Waals surface area contributed by atoms with Gasteiger partial charge in [-0.05, 0) is 17.7 Å². The second-order valence-corrected chi connectivity index (χ2v) is 3.92. The van der Waals surface area contributed by atoms with Crippen molar-refractivity contribution in [2.45, 2.75) is 12.7 Å². The van der Waals surface area contributed by atoms with Crippen LogP contribution in [0.1, 0.15) is 16.8 Å². The molecule has 0 aliphatic carbocycles. The van der Waals surface area contributed by atoms with Crippen LogP contribution in [0.3, 0.4) is 0 Å². The molecule has 0 amide bonds. The van der Waals surface area contributed by atoms with E-state index in [2.05, 4.69) is 9.98 Å². The minimum atomic E-state index is -4.35. The number of pyridine rings is 1. The molecule has 19 heavy (non-hydrogen) atoms. The maximum Gasteiger partial charge on any atom is 0.417 e. The summed E-state index contributed by atoms with van der Waals surface area (Å²) in [6, 6.07) is 11.9. The van der Waals surface area contributed by atoms with Gasteiger partial charge in [0.1, 0.15) is 0 Å². The van der Waals surface area contributed by atoms with Crippen molar-refractivity contribution in [1.82, 2.24) is 4.98 Å². The normalized spacial score (nSPS) is 11.9. The van der Waals surface area contributed by atoms with E-state index in [1.54, 1.807) is 0 Å². The summed E-state index contributed by atoms with van der Waals surface area (Å²) in [6.07, 6.45) is -2.08. The van der Waals surface area contributed by atoms with E-state index in [4.69, 9.17) is 0 Å². The van der Waals surface area contributed by atoms with Crippen molar-refractivity contribution < 1.29 is 13.2 Å². The van der Waals surface area contributed by atoms with Crippen LogP contribution in [0.2, 0.25) is 0 Å². The number of alkyl halides is 3. The Kier molecular flexibility index (Phi) is 3.94. The highest BCUT2D eigenvalue weighted by atomic mass is 19.4. The first-order valence-corrected chi connectivity index (χ1v) is 5.63. The van der Waals surface area contributed by atoms with Crippen LogP contribution in [-0.2, 0) is 12.7 Å². The van der Waals surface area contributed by atoms with E-state index < -0.39 is 11.7 Å². The lowest BCUT2D eigenvalue weighted by Crippen LogP contribution is -2.05. The first-order chi connectivity index (χ1) is 9.05. The molecule has 0 bridgehead atoms. The molecule has 0 fully saturated rings. The fourth-order valence-corrected chi connectivity index (χ4v) is 1.48. The number of nitrogens with zero attached hydrogens (tertiary/aromatic N) is 2. The molecule has 5 heteroatoms. The predicted molar refractivity (Wildman–Crippen MR) is 67.0 cm³/mol. The summed E-state index contributed by atoms with van der Waals surface area (Å²) < 4.78 is 37.0. The molecule has 2 rings (SSSR count). The number of aromatic nitrogens is 1. The van der Waals surface area contributed by atoms with E-state index in [-0.39, 0.29) is 0 Å². The van der Waals surface area contributed by atoms with Crippen molar-refractivity contribution in [2.75, 3.05) is 0 Å². The monoisotopic (exact) mass is 264 g/mol. The third-order valence-corrected chi connectivity index (χ3v) is 2.45. The zero-order valence-corrected chi connectivity index (χ0v) is 9.93. The number of benzene rings is 1. The summed E-state index contributed by atoms with van der Waals surface area (Å²) in [5.41, 5.74) is 0.683. The zero-order valence-electron chi connectivity index (χ0n) is 9.93. The Morgan fingerprint density at radius 2 is 1.79 bits per heavy atom. The highest BCUT2D eigenvalue weighted by Crippen LogP contribution is 2.28. The SMILES string of the molecule is FC(F)(F)c1ccc(C=NCc2ccccc2)nc1. The van der Waals surface area contributed by atoms with Gasteiger partial charge in [-0.1, -0.05) is 30.3 Å². The molecule has 2 nitrogen and oxygen atoms in total. The number of hydrogen-bond donors (Lipinski definition) is 0. The maximum atomic E-state index is 12.3. The topological polar surface area (TPSA) is 25.2 Å². The maximum absolute atomic E-state index is 12.3. The molecule has 1 aromatic carbocycles. The van der Waals surface area contributed by atoms with Gasteiger partial charge in [0, 0.05) is 12.4 Å². The first kappa shape index (κ1) is 13.3. The van der Waals surface area contributed by atoms with Gasteiger partial charge < -0.3 is 0 Å². The Morgan fingerprint density at radius 3 is 2.37 bits per heavy atom. The molecule has 0 radical (unpaired) electrons. The van der Waals surface area contributed by atoms with Crippen LogP contribution in [0.5, 0.6) is 0 Å². The summed E-state index contributed by atoms with van der Waals surface area (Å²) in [5.74, 6) is 0. The van der Waals surface area contributed by atoms with Gasteiger partial charge in [-0.2, -0.15) is 13.2 Å². The van der Waals surface area contributed by atoms with Gasteiger partial charge in [0.15, 0.2) is 0 Å². The highest BCUT2D eigenvalue weighted by molar-refractivity contribution is 5.76. The Hall–Kier alpha value is -2.17. The van der Waals surface area contributed by atoms with Gasteiger partial charge in [0.2, 0.25) is 0 Å². The summed E-state index contributed by atoms with van der Waals surface area (Å²) in [7, 11) is 0. The molecule has 0 spiro atoms. The Morgan fingerprint density at radius 1 is 1.05 bits per heavy atom. The molecule has 0 aliphatic heterocycles. The van der Waals surface area contributed by atoms with Gasteiger partial charge in [0.25, 0.3) is 0 Å². The standard InChI is InChI=1S/C14H11F3N2/c15-14(16,17)12-6-7-13(19-9-12)10-18-8-11-4-2-1-3-5-11/h1-7,9-10H,8H2. The van der Waals surface area contributed by atoms with E-state index in [1.807, 2.05) is 30.3 Å². The van der Waals surface area contributed by atoms with Gasteiger partial charge >= 0.3 is 6.18 Å². The van der Waals surface area contributed by atoms with Crippen LogP contribution in [0.4, 0.5) is 13.2 Å². The molecule has 2 aromatic rings. The van der Waals surface area contributed by atoms with Crippen LogP contribution >= 0.6 is 0 Å². The fourth-order valence-electron chi connectivity index (χ4n) is 1.48. The van der Waals surface area contributed by atoms with E-state index in [1.165, 1.54) is 12.3 Å². The molecule has 1 heterocycles. The van der Waals surface area contributed by atoms with Crippen LogP contribution in [0.15, 0.2) is 53.7 Å². The molecule has 0 saturated carbocycles. The van der Waals surface area contributed by atoms with Crippen molar-refractivity contribution in [3.63, 3.8) is 0 Å². The third-order valence-electron chi connectivity index (χ3n) is 2.45. The summed E-state index contributed by atoms with van der Waals surface area (Å²) >= 11 is 0. The zero-order chi connectivity index (χ0) is 13.7. The van der Waals surface area contributed by atoms with E-state index in [0.29, 0.717) is 12.2 Å². The van der Waals surface area contributed by atoms with Gasteiger partial charge in [-0.15, -0.1) is 0 Å². The summed E-state index contributed by atoms with van der Waals surface area (Å²) in [6.45, 7) is 0.476. The van der Waals surface area contributed by atoms with Crippen LogP contribution < -0.4 is 0 Å². The van der Waals surface area contributed by atoms with E-state index in [0.717, 1.165) is 17.8 Å². The Balaban J connectivity index is 2.00. The van der Waals surface area contributed by atoms with Crippen molar-refractivity contribution in [3.8, 4) is 0 Å². The molecular weight excluding hydrogens is 253 g/mol. The third kappa shape index (κ3) is 3.91. The lowest BCUT2D eigenvalue weighted by Gasteiger charge is -2.04. The molecule has 0 atom stereocenters. The molecule has 0 saturated heterocycles. The molecule has 0 N–H and O–H groups in total. The summed E-state index contributed by atoms with van der Waals surface area (Å²) in [5, 5.41) is 0. The molecular formula is C14H11F3N2. The average molecular weight is 264 g/mol. The number of halogens is 3. The quantitative estimate of drug-likeness (QED) is 0.775. The predicted octanol–water partition coefficient (Wildman–Crippen LogP) is 3.72. The summed E-state index contributed by atoms with van der Waals surface area (Å²) in [4.78, 5) is 7.84. The van der Waals surface area contributed by atoms with E-state index in [9.17, 15) is 13.2 Å². The molecule has 0 unspecified atom stereocenters. The fraction of sp³-hybridized carbons (Fsp3) is 0.143.